The molecule has 28 heavy (non-hydrogen) atoms. The third-order valence-corrected chi connectivity index (χ3v) is 4.82. The van der Waals surface area contributed by atoms with Crippen molar-refractivity contribution in [3.8, 4) is 0 Å². The van der Waals surface area contributed by atoms with Gasteiger partial charge in [-0.3, -0.25) is 9.48 Å². The summed E-state index contributed by atoms with van der Waals surface area (Å²) in [5.41, 5.74) is 2.69. The summed E-state index contributed by atoms with van der Waals surface area (Å²) in [6, 6.07) is 11.5. The topological polar surface area (TPSA) is 65.8 Å². The largest absolute Gasteiger partial charge is 0.367 e. The molecular formula is C21H29N3O4. The summed E-state index contributed by atoms with van der Waals surface area (Å²) in [4.78, 5) is 15.2. The Hall–Kier alpha value is -2.22. The molecule has 0 N–H and O–H groups in total. The zero-order valence-corrected chi connectivity index (χ0v) is 17.2. The molecule has 1 amide bonds. The van der Waals surface area contributed by atoms with Gasteiger partial charge in [0.1, 0.15) is 6.10 Å². The van der Waals surface area contributed by atoms with Crippen LogP contribution >= 0.6 is 0 Å². The Morgan fingerprint density at radius 3 is 2.64 bits per heavy atom. The number of ether oxygens (including phenoxy) is 3. The highest BCUT2D eigenvalue weighted by Crippen LogP contribution is 2.26. The van der Waals surface area contributed by atoms with E-state index in [1.165, 1.54) is 0 Å². The van der Waals surface area contributed by atoms with Gasteiger partial charge in [0.25, 0.3) is 5.91 Å². The van der Waals surface area contributed by atoms with Gasteiger partial charge >= 0.3 is 0 Å². The van der Waals surface area contributed by atoms with Gasteiger partial charge in [0, 0.05) is 20.7 Å². The van der Waals surface area contributed by atoms with Crippen molar-refractivity contribution in [2.75, 3.05) is 20.3 Å². The predicted molar refractivity (Wildman–Crippen MR) is 104 cm³/mol. The van der Waals surface area contributed by atoms with Gasteiger partial charge in [-0.25, -0.2) is 0 Å². The van der Waals surface area contributed by atoms with Crippen LogP contribution in [0.4, 0.5) is 0 Å². The minimum Gasteiger partial charge on any atom is -0.367 e. The van der Waals surface area contributed by atoms with Crippen LogP contribution in [0.1, 0.15) is 36.9 Å². The summed E-state index contributed by atoms with van der Waals surface area (Å²) in [5, 5.41) is 4.39. The molecule has 0 bridgehead atoms. The minimum absolute atomic E-state index is 0.110. The molecule has 1 fully saturated rings. The van der Waals surface area contributed by atoms with Crippen LogP contribution in [0.3, 0.4) is 0 Å². The van der Waals surface area contributed by atoms with Gasteiger partial charge in [-0.2, -0.15) is 5.10 Å². The summed E-state index contributed by atoms with van der Waals surface area (Å²) in [7, 11) is 3.44. The summed E-state index contributed by atoms with van der Waals surface area (Å²) >= 11 is 0. The van der Waals surface area contributed by atoms with E-state index in [1.807, 2.05) is 64.2 Å². The number of rotatable bonds is 7. The van der Waals surface area contributed by atoms with E-state index < -0.39 is 11.9 Å². The average molecular weight is 387 g/mol. The van der Waals surface area contributed by atoms with Gasteiger partial charge < -0.3 is 19.1 Å². The van der Waals surface area contributed by atoms with Gasteiger partial charge in [-0.05, 0) is 32.4 Å². The SMILES string of the molecule is CO[C@H](C(=O)N(Cc1cc(C)nn1C)C[C@H]1COC(C)(C)O1)c1ccccc1. The number of aromatic nitrogens is 2. The first-order valence-electron chi connectivity index (χ1n) is 9.47. The highest BCUT2D eigenvalue weighted by Gasteiger charge is 2.36. The van der Waals surface area contributed by atoms with Crippen LogP contribution in [0.5, 0.6) is 0 Å². The van der Waals surface area contributed by atoms with Crippen molar-refractivity contribution in [1.29, 1.82) is 0 Å². The van der Waals surface area contributed by atoms with E-state index in [4.69, 9.17) is 14.2 Å². The van der Waals surface area contributed by atoms with Crippen molar-refractivity contribution in [3.05, 3.63) is 53.3 Å². The first-order valence-corrected chi connectivity index (χ1v) is 9.47. The maximum absolute atomic E-state index is 13.4. The number of amides is 1. The third kappa shape index (κ3) is 4.79. The smallest absolute Gasteiger partial charge is 0.256 e. The lowest BCUT2D eigenvalue weighted by Gasteiger charge is -2.29. The fourth-order valence-electron chi connectivity index (χ4n) is 3.51. The fourth-order valence-corrected chi connectivity index (χ4v) is 3.51. The number of aryl methyl sites for hydroxylation is 2. The normalized spacial score (nSPS) is 19.5. The van der Waals surface area contributed by atoms with E-state index in [0.29, 0.717) is 19.7 Å². The Labute approximate surface area is 166 Å². The number of benzene rings is 1. The molecule has 2 heterocycles. The Balaban J connectivity index is 1.83. The number of carbonyl (C=O) groups excluding carboxylic acids is 1. The van der Waals surface area contributed by atoms with Crippen molar-refractivity contribution in [1.82, 2.24) is 14.7 Å². The lowest BCUT2D eigenvalue weighted by Crippen LogP contribution is -2.41. The zero-order valence-electron chi connectivity index (χ0n) is 17.2. The highest BCUT2D eigenvalue weighted by atomic mass is 16.7. The molecule has 7 nitrogen and oxygen atoms in total. The molecular weight excluding hydrogens is 358 g/mol. The Kier molecular flexibility index (Phi) is 6.17. The van der Waals surface area contributed by atoms with Crippen LogP contribution in [0, 0.1) is 6.92 Å². The molecule has 0 radical (unpaired) electrons. The predicted octanol–water partition coefficient (Wildman–Crippen LogP) is 2.60. The number of carbonyl (C=O) groups is 1. The molecule has 2 aromatic rings. The molecule has 0 unspecified atom stereocenters. The van der Waals surface area contributed by atoms with Gasteiger partial charge in [0.2, 0.25) is 0 Å². The van der Waals surface area contributed by atoms with Crippen LogP contribution in [0.2, 0.25) is 0 Å². The van der Waals surface area contributed by atoms with Gasteiger partial charge in [-0.15, -0.1) is 0 Å². The Morgan fingerprint density at radius 1 is 1.39 bits per heavy atom. The fraction of sp³-hybridized carbons (Fsp3) is 0.524. The molecule has 1 aromatic carbocycles. The van der Waals surface area contributed by atoms with Crippen LogP contribution in [-0.4, -0.2) is 52.7 Å². The molecule has 3 rings (SSSR count). The first-order chi connectivity index (χ1) is 13.3. The van der Waals surface area contributed by atoms with E-state index in [2.05, 4.69) is 5.10 Å². The van der Waals surface area contributed by atoms with Gasteiger partial charge in [0.05, 0.1) is 24.5 Å². The lowest BCUT2D eigenvalue weighted by molar-refractivity contribution is -0.152. The van der Waals surface area contributed by atoms with Crippen molar-refractivity contribution >= 4 is 5.91 Å². The zero-order chi connectivity index (χ0) is 20.3. The van der Waals surface area contributed by atoms with Crippen molar-refractivity contribution in [3.63, 3.8) is 0 Å². The first kappa shape index (κ1) is 20.5. The summed E-state index contributed by atoms with van der Waals surface area (Å²) in [5.74, 6) is -0.747. The second-order valence-electron chi connectivity index (χ2n) is 7.60. The minimum atomic E-state index is -0.675. The number of methoxy groups -OCH3 is 1. The molecule has 1 aromatic heterocycles. The molecule has 2 atom stereocenters. The summed E-state index contributed by atoms with van der Waals surface area (Å²) in [6.07, 6.45) is -0.868. The monoisotopic (exact) mass is 387 g/mol. The molecule has 0 saturated carbocycles. The maximum Gasteiger partial charge on any atom is 0.256 e. The van der Waals surface area contributed by atoms with E-state index >= 15 is 0 Å². The Bertz CT molecular complexity index is 803. The number of hydrogen-bond acceptors (Lipinski definition) is 5. The Morgan fingerprint density at radius 2 is 2.11 bits per heavy atom. The highest BCUT2D eigenvalue weighted by molar-refractivity contribution is 5.82. The van der Waals surface area contributed by atoms with Crippen LogP contribution in [0.15, 0.2) is 36.4 Å². The summed E-state index contributed by atoms with van der Waals surface area (Å²) < 4.78 is 19.0. The molecule has 1 saturated heterocycles. The quantitative estimate of drug-likeness (QED) is 0.731. The lowest BCUT2D eigenvalue weighted by atomic mass is 10.1. The molecule has 152 valence electrons. The van der Waals surface area contributed by atoms with E-state index in [-0.39, 0.29) is 12.0 Å². The second kappa shape index (κ2) is 8.43. The average Bonchev–Trinajstić information content (AvgIpc) is 3.16. The summed E-state index contributed by atoms with van der Waals surface area (Å²) in [6.45, 7) is 6.98. The van der Waals surface area contributed by atoms with Crippen molar-refractivity contribution < 1.29 is 19.0 Å². The van der Waals surface area contributed by atoms with E-state index in [9.17, 15) is 4.79 Å². The van der Waals surface area contributed by atoms with Gasteiger partial charge in [-0.1, -0.05) is 30.3 Å². The van der Waals surface area contributed by atoms with Crippen molar-refractivity contribution in [2.24, 2.45) is 7.05 Å². The third-order valence-electron chi connectivity index (χ3n) is 4.82. The number of hydrogen-bond donors (Lipinski definition) is 0. The van der Waals surface area contributed by atoms with Crippen LogP contribution < -0.4 is 0 Å². The molecule has 1 aliphatic heterocycles. The molecule has 0 spiro atoms. The van der Waals surface area contributed by atoms with E-state index in [1.54, 1.807) is 16.7 Å². The van der Waals surface area contributed by atoms with Crippen molar-refractivity contribution in [2.45, 2.75) is 45.3 Å². The molecule has 1 aliphatic rings. The molecule has 7 heteroatoms. The van der Waals surface area contributed by atoms with Crippen LogP contribution in [0.25, 0.3) is 0 Å². The maximum atomic E-state index is 13.4. The number of nitrogens with zero attached hydrogens (tertiary/aromatic N) is 3. The van der Waals surface area contributed by atoms with E-state index in [0.717, 1.165) is 17.0 Å². The van der Waals surface area contributed by atoms with Gasteiger partial charge in [0.15, 0.2) is 11.9 Å². The van der Waals surface area contributed by atoms with Crippen LogP contribution in [-0.2, 0) is 32.6 Å². The molecule has 0 aliphatic carbocycles. The standard InChI is InChI=1S/C21H29N3O4/c1-15-11-17(23(4)22-15)12-24(13-18-14-27-21(2,3)28-18)20(25)19(26-5)16-9-7-6-8-10-16/h6-11,18-19H,12-14H2,1-5H3/t18-,19-/m0/s1. The second-order valence-corrected chi connectivity index (χ2v) is 7.60.